The standard InChI is InChI=1S/C16H19ClN2O2/c1-2-21-16(20)13-5-7-19(8-6-13)11-14-4-3-12(10-18)9-15(14)17/h3-4,9,13H,2,5-8,11H2,1H3. The van der Waals surface area contributed by atoms with E-state index in [9.17, 15) is 4.79 Å². The minimum atomic E-state index is -0.0754. The van der Waals surface area contributed by atoms with Crippen LogP contribution < -0.4 is 0 Å². The Balaban J connectivity index is 1.89. The van der Waals surface area contributed by atoms with Crippen molar-refractivity contribution < 1.29 is 9.53 Å². The van der Waals surface area contributed by atoms with Gasteiger partial charge < -0.3 is 4.74 Å². The van der Waals surface area contributed by atoms with Crippen LogP contribution in [0.5, 0.6) is 0 Å². The van der Waals surface area contributed by atoms with Crippen molar-refractivity contribution in [2.75, 3.05) is 19.7 Å². The van der Waals surface area contributed by atoms with Crippen LogP contribution in [0.1, 0.15) is 30.9 Å². The third kappa shape index (κ3) is 4.20. The first-order valence-electron chi connectivity index (χ1n) is 7.21. The second-order valence-electron chi connectivity index (χ2n) is 5.22. The van der Waals surface area contributed by atoms with Crippen LogP contribution in [-0.4, -0.2) is 30.6 Å². The van der Waals surface area contributed by atoms with Gasteiger partial charge in [0.25, 0.3) is 0 Å². The Morgan fingerprint density at radius 2 is 2.19 bits per heavy atom. The lowest BCUT2D eigenvalue weighted by Gasteiger charge is -2.31. The maximum absolute atomic E-state index is 11.7. The van der Waals surface area contributed by atoms with Crippen LogP contribution in [0.4, 0.5) is 0 Å². The van der Waals surface area contributed by atoms with Crippen molar-refractivity contribution in [1.82, 2.24) is 4.90 Å². The van der Waals surface area contributed by atoms with Gasteiger partial charge >= 0.3 is 5.97 Å². The number of esters is 1. The predicted molar refractivity (Wildman–Crippen MR) is 80.8 cm³/mol. The van der Waals surface area contributed by atoms with Gasteiger partial charge in [-0.3, -0.25) is 9.69 Å². The summed E-state index contributed by atoms with van der Waals surface area (Å²) in [6, 6.07) is 7.46. The molecule has 0 spiro atoms. The van der Waals surface area contributed by atoms with E-state index in [1.807, 2.05) is 13.0 Å². The molecule has 0 atom stereocenters. The van der Waals surface area contributed by atoms with E-state index < -0.39 is 0 Å². The van der Waals surface area contributed by atoms with Crippen molar-refractivity contribution in [1.29, 1.82) is 5.26 Å². The van der Waals surface area contributed by atoms with Crippen LogP contribution in [0.15, 0.2) is 18.2 Å². The highest BCUT2D eigenvalue weighted by Crippen LogP contribution is 2.23. The van der Waals surface area contributed by atoms with Crippen molar-refractivity contribution in [2.24, 2.45) is 5.92 Å². The fourth-order valence-corrected chi connectivity index (χ4v) is 2.81. The molecule has 1 aliphatic rings. The average molecular weight is 307 g/mol. The summed E-state index contributed by atoms with van der Waals surface area (Å²) >= 11 is 6.20. The van der Waals surface area contributed by atoms with Gasteiger partial charge in [0.15, 0.2) is 0 Å². The maximum Gasteiger partial charge on any atom is 0.309 e. The molecule has 112 valence electrons. The van der Waals surface area contributed by atoms with Crippen molar-refractivity contribution in [3.63, 3.8) is 0 Å². The first kappa shape index (κ1) is 15.8. The van der Waals surface area contributed by atoms with Crippen molar-refractivity contribution in [2.45, 2.75) is 26.3 Å². The number of hydrogen-bond donors (Lipinski definition) is 0. The number of benzene rings is 1. The van der Waals surface area contributed by atoms with Crippen LogP contribution >= 0.6 is 11.6 Å². The second-order valence-corrected chi connectivity index (χ2v) is 5.63. The topological polar surface area (TPSA) is 53.3 Å². The van der Waals surface area contributed by atoms with Gasteiger partial charge in [0, 0.05) is 11.6 Å². The largest absolute Gasteiger partial charge is 0.466 e. The smallest absolute Gasteiger partial charge is 0.309 e. The fraction of sp³-hybridized carbons (Fsp3) is 0.500. The third-order valence-corrected chi connectivity index (χ3v) is 4.14. The Hall–Kier alpha value is -1.57. The number of carbonyl (C=O) groups is 1. The number of nitrogens with zero attached hydrogens (tertiary/aromatic N) is 2. The van der Waals surface area contributed by atoms with Gasteiger partial charge in [0.05, 0.1) is 24.2 Å². The Morgan fingerprint density at radius 3 is 2.76 bits per heavy atom. The van der Waals surface area contributed by atoms with Crippen LogP contribution in [-0.2, 0) is 16.1 Å². The summed E-state index contributed by atoms with van der Waals surface area (Å²) in [6.45, 7) is 4.75. The zero-order chi connectivity index (χ0) is 15.2. The summed E-state index contributed by atoms with van der Waals surface area (Å²) in [6.07, 6.45) is 1.65. The van der Waals surface area contributed by atoms with E-state index in [1.54, 1.807) is 12.1 Å². The molecule has 1 aliphatic heterocycles. The predicted octanol–water partition coefficient (Wildman–Crippen LogP) is 2.99. The summed E-state index contributed by atoms with van der Waals surface area (Å²) in [7, 11) is 0. The lowest BCUT2D eigenvalue weighted by Crippen LogP contribution is -2.36. The molecule has 1 saturated heterocycles. The number of piperidine rings is 1. The molecule has 4 nitrogen and oxygen atoms in total. The van der Waals surface area contributed by atoms with Gasteiger partial charge in [-0.05, 0) is 50.6 Å². The van der Waals surface area contributed by atoms with E-state index in [0.29, 0.717) is 17.2 Å². The Bertz CT molecular complexity index is 546. The summed E-state index contributed by atoms with van der Waals surface area (Å²) < 4.78 is 5.07. The molecule has 0 N–H and O–H groups in total. The number of ether oxygens (including phenoxy) is 1. The number of hydrogen-bond acceptors (Lipinski definition) is 4. The Morgan fingerprint density at radius 1 is 1.48 bits per heavy atom. The minimum Gasteiger partial charge on any atom is -0.466 e. The quantitative estimate of drug-likeness (QED) is 0.803. The molecule has 21 heavy (non-hydrogen) atoms. The van der Waals surface area contributed by atoms with E-state index in [0.717, 1.165) is 38.0 Å². The Labute approximate surface area is 130 Å². The number of carbonyl (C=O) groups excluding carboxylic acids is 1. The first-order chi connectivity index (χ1) is 10.1. The number of nitriles is 1. The number of rotatable bonds is 4. The maximum atomic E-state index is 11.7. The van der Waals surface area contributed by atoms with Crippen molar-refractivity contribution in [3.8, 4) is 6.07 Å². The first-order valence-corrected chi connectivity index (χ1v) is 7.59. The normalized spacial score (nSPS) is 16.4. The van der Waals surface area contributed by atoms with Gasteiger partial charge in [-0.1, -0.05) is 17.7 Å². The van der Waals surface area contributed by atoms with Crippen LogP contribution in [0.3, 0.4) is 0 Å². The average Bonchev–Trinajstić information content (AvgIpc) is 2.50. The molecular formula is C16H19ClN2O2. The molecule has 0 bridgehead atoms. The molecule has 0 saturated carbocycles. The van der Waals surface area contributed by atoms with Gasteiger partial charge in [-0.25, -0.2) is 0 Å². The minimum absolute atomic E-state index is 0.0256. The molecule has 5 heteroatoms. The molecule has 0 aliphatic carbocycles. The summed E-state index contributed by atoms with van der Waals surface area (Å²) in [4.78, 5) is 14.0. The zero-order valence-electron chi connectivity index (χ0n) is 12.1. The number of halogens is 1. The molecule has 1 heterocycles. The lowest BCUT2D eigenvalue weighted by molar-refractivity contribution is -0.149. The molecule has 0 unspecified atom stereocenters. The van der Waals surface area contributed by atoms with Crippen LogP contribution in [0.2, 0.25) is 5.02 Å². The molecule has 0 radical (unpaired) electrons. The summed E-state index contributed by atoms with van der Waals surface area (Å²) in [5.74, 6) is -0.0498. The van der Waals surface area contributed by atoms with Crippen LogP contribution in [0.25, 0.3) is 0 Å². The van der Waals surface area contributed by atoms with Crippen LogP contribution in [0, 0.1) is 17.2 Å². The van der Waals surface area contributed by atoms with Crippen molar-refractivity contribution in [3.05, 3.63) is 34.3 Å². The lowest BCUT2D eigenvalue weighted by atomic mass is 9.96. The van der Waals surface area contributed by atoms with Gasteiger partial charge in [0.1, 0.15) is 0 Å². The highest BCUT2D eigenvalue weighted by Gasteiger charge is 2.26. The molecule has 1 aromatic carbocycles. The molecule has 0 aromatic heterocycles. The molecule has 1 fully saturated rings. The molecule has 1 aromatic rings. The molecular weight excluding hydrogens is 288 g/mol. The van der Waals surface area contributed by atoms with E-state index in [-0.39, 0.29) is 11.9 Å². The van der Waals surface area contributed by atoms with E-state index >= 15 is 0 Å². The highest BCUT2D eigenvalue weighted by molar-refractivity contribution is 6.31. The fourth-order valence-electron chi connectivity index (χ4n) is 2.57. The second kappa shape index (κ2) is 7.44. The molecule has 2 rings (SSSR count). The van der Waals surface area contributed by atoms with E-state index in [1.165, 1.54) is 0 Å². The zero-order valence-corrected chi connectivity index (χ0v) is 12.9. The SMILES string of the molecule is CCOC(=O)C1CCN(Cc2ccc(C#N)cc2Cl)CC1. The molecule has 0 amide bonds. The monoisotopic (exact) mass is 306 g/mol. The third-order valence-electron chi connectivity index (χ3n) is 3.78. The number of likely N-dealkylation sites (tertiary alicyclic amines) is 1. The van der Waals surface area contributed by atoms with Gasteiger partial charge in [0.2, 0.25) is 0 Å². The van der Waals surface area contributed by atoms with Gasteiger partial charge in [-0.15, -0.1) is 0 Å². The Kier molecular flexibility index (Phi) is 5.60. The summed E-state index contributed by atoms with van der Waals surface area (Å²) in [5.41, 5.74) is 1.59. The van der Waals surface area contributed by atoms with E-state index in [2.05, 4.69) is 11.0 Å². The summed E-state index contributed by atoms with van der Waals surface area (Å²) in [5, 5.41) is 9.46. The van der Waals surface area contributed by atoms with Crippen molar-refractivity contribution >= 4 is 17.6 Å². The van der Waals surface area contributed by atoms with E-state index in [4.69, 9.17) is 21.6 Å². The highest BCUT2D eigenvalue weighted by atomic mass is 35.5. The van der Waals surface area contributed by atoms with Gasteiger partial charge in [-0.2, -0.15) is 5.26 Å².